The van der Waals surface area contributed by atoms with Gasteiger partial charge in [-0.1, -0.05) is 5.16 Å². The van der Waals surface area contributed by atoms with E-state index in [0.717, 1.165) is 37.0 Å². The van der Waals surface area contributed by atoms with Gasteiger partial charge in [0.05, 0.1) is 6.04 Å². The number of carbonyl (C=O) groups is 4. The standard InChI is InChI=1S/C29H30N6O7S.Na/c30-29-31-20(14-43-29)22(33-42-19-3-1-2-4-19)25(37)32-23-21-10-5-15(24(28(40)41)35(21)27(23)39)13-16-11-12-34(26(16)38)17-6-8-18(36)9-7-17;/h6-9,13-14,19,21,23,36H,1-5,10-12H2,(H2,30,31)(H,32,37)(H,40,41);/b16-13+,33-22-;/t21-,23+;/m1./s1. The Labute approximate surface area is 278 Å². The average Bonchev–Trinajstić information content (AvgIpc) is 3.75. The van der Waals surface area contributed by atoms with Gasteiger partial charge >= 0.3 is 5.97 Å². The largest absolute Gasteiger partial charge is 0.508 e. The van der Waals surface area contributed by atoms with Crippen molar-refractivity contribution in [3.05, 3.63) is 58.3 Å². The van der Waals surface area contributed by atoms with E-state index in [-0.39, 0.29) is 69.6 Å². The summed E-state index contributed by atoms with van der Waals surface area (Å²) in [6, 6.07) is 4.72. The van der Waals surface area contributed by atoms with Crippen LogP contribution in [0.2, 0.25) is 0 Å². The fraction of sp³-hybridized carbons (Fsp3) is 0.379. The van der Waals surface area contributed by atoms with Gasteiger partial charge in [0, 0.05) is 52.7 Å². The van der Waals surface area contributed by atoms with Crippen LogP contribution >= 0.6 is 11.3 Å². The number of aromatic nitrogens is 1. The van der Waals surface area contributed by atoms with Gasteiger partial charge in [0.1, 0.15) is 29.3 Å². The molecular weight excluding hydrogens is 599 g/mol. The van der Waals surface area contributed by atoms with Crippen LogP contribution in [-0.4, -0.2) is 104 Å². The summed E-state index contributed by atoms with van der Waals surface area (Å²) < 4.78 is 0. The number of amides is 3. The Hall–Kier alpha value is -3.72. The van der Waals surface area contributed by atoms with E-state index in [2.05, 4.69) is 15.5 Å². The Bertz CT molecular complexity index is 1580. The molecule has 1 aromatic carbocycles. The summed E-state index contributed by atoms with van der Waals surface area (Å²) in [6.45, 7) is 0.406. The number of carboxylic acid groups (broad SMARTS) is 1. The number of phenols is 1. The maximum Gasteiger partial charge on any atom is 0.352 e. The number of rotatable bonds is 8. The molecule has 1 aromatic heterocycles. The maximum absolute atomic E-state index is 13.3. The zero-order valence-corrected chi connectivity index (χ0v) is 26.9. The van der Waals surface area contributed by atoms with Crippen LogP contribution < -0.4 is 16.0 Å². The van der Waals surface area contributed by atoms with Crippen molar-refractivity contribution in [2.75, 3.05) is 17.2 Å². The number of phenolic OH excluding ortho intramolecular Hbond substituents is 1. The number of benzene rings is 1. The molecule has 4 heterocycles. The van der Waals surface area contributed by atoms with Gasteiger partial charge in [-0.05, 0) is 80.9 Å². The molecule has 0 spiro atoms. The van der Waals surface area contributed by atoms with Gasteiger partial charge in [0.25, 0.3) is 17.7 Å². The molecule has 13 nitrogen and oxygen atoms in total. The predicted octanol–water partition coefficient (Wildman–Crippen LogP) is 1.90. The van der Waals surface area contributed by atoms with E-state index in [1.165, 1.54) is 17.0 Å². The van der Waals surface area contributed by atoms with E-state index in [0.29, 0.717) is 42.6 Å². The number of fused-ring (bicyclic) bond motifs is 1. The topological polar surface area (TPSA) is 188 Å². The van der Waals surface area contributed by atoms with Crippen LogP contribution in [0.5, 0.6) is 5.75 Å². The van der Waals surface area contributed by atoms with E-state index < -0.39 is 29.9 Å². The van der Waals surface area contributed by atoms with Crippen molar-refractivity contribution in [2.24, 2.45) is 5.16 Å². The number of nitrogen functional groups attached to an aromatic ring is 1. The second-order valence-electron chi connectivity index (χ2n) is 10.9. The minimum Gasteiger partial charge on any atom is -0.508 e. The molecule has 2 aromatic rings. The Morgan fingerprint density at radius 3 is 2.52 bits per heavy atom. The summed E-state index contributed by atoms with van der Waals surface area (Å²) in [5.74, 6) is -2.70. The fourth-order valence-electron chi connectivity index (χ4n) is 6.00. The number of nitrogens with one attached hydrogen (secondary N) is 1. The van der Waals surface area contributed by atoms with Gasteiger partial charge in [-0.2, -0.15) is 0 Å². The van der Waals surface area contributed by atoms with Crippen LogP contribution in [0.3, 0.4) is 0 Å². The van der Waals surface area contributed by atoms with Gasteiger partial charge in [0.2, 0.25) is 0 Å². The van der Waals surface area contributed by atoms with Gasteiger partial charge < -0.3 is 31.0 Å². The molecule has 0 unspecified atom stereocenters. The van der Waals surface area contributed by atoms with E-state index in [1.54, 1.807) is 28.5 Å². The van der Waals surface area contributed by atoms with Gasteiger partial charge in [-0.15, -0.1) is 11.3 Å². The second kappa shape index (κ2) is 13.1. The van der Waals surface area contributed by atoms with Crippen LogP contribution in [0.4, 0.5) is 10.8 Å². The van der Waals surface area contributed by atoms with Crippen molar-refractivity contribution < 1.29 is 34.2 Å². The number of aromatic hydroxyl groups is 1. The molecule has 1 aliphatic carbocycles. The Morgan fingerprint density at radius 1 is 1.14 bits per heavy atom. The number of hydrogen-bond acceptors (Lipinski definition) is 10. The number of oxime groups is 1. The van der Waals surface area contributed by atoms with Crippen molar-refractivity contribution >= 4 is 81.1 Å². The molecule has 0 bridgehead atoms. The van der Waals surface area contributed by atoms with Crippen molar-refractivity contribution in [2.45, 2.75) is 63.1 Å². The summed E-state index contributed by atoms with van der Waals surface area (Å²) in [5.41, 5.74) is 7.14. The van der Waals surface area contributed by atoms with Crippen molar-refractivity contribution in [3.63, 3.8) is 0 Å². The summed E-state index contributed by atoms with van der Waals surface area (Å²) >= 11 is 1.14. The first-order valence-corrected chi connectivity index (χ1v) is 15.0. The van der Waals surface area contributed by atoms with Crippen LogP contribution in [0, 0.1) is 0 Å². The number of nitrogens with zero attached hydrogens (tertiary/aromatic N) is 4. The summed E-state index contributed by atoms with van der Waals surface area (Å²) in [6.07, 6.45) is 6.25. The van der Waals surface area contributed by atoms with E-state index in [9.17, 15) is 29.4 Å². The third-order valence-corrected chi connectivity index (χ3v) is 8.85. The van der Waals surface area contributed by atoms with Crippen LogP contribution in [0.15, 0.2) is 57.7 Å². The van der Waals surface area contributed by atoms with Crippen molar-refractivity contribution in [1.82, 2.24) is 15.2 Å². The zero-order chi connectivity index (χ0) is 30.2. The number of allylic oxidation sites excluding steroid dienone is 2. The van der Waals surface area contributed by atoms with Gasteiger partial charge in [-0.25, -0.2) is 9.78 Å². The third kappa shape index (κ3) is 6.11. The van der Waals surface area contributed by atoms with Gasteiger partial charge in [-0.3, -0.25) is 19.3 Å². The summed E-state index contributed by atoms with van der Waals surface area (Å²) in [7, 11) is 0. The first-order chi connectivity index (χ1) is 20.7. The van der Waals surface area contributed by atoms with Crippen LogP contribution in [0.1, 0.15) is 50.6 Å². The number of aliphatic carboxylic acids is 1. The number of carboxylic acids is 1. The number of β-lactam (4-membered cyclic amide) rings is 1. The summed E-state index contributed by atoms with van der Waals surface area (Å²) in [5, 5.41) is 28.3. The monoisotopic (exact) mass is 629 g/mol. The predicted molar refractivity (Wildman–Crippen MR) is 162 cm³/mol. The molecule has 15 heteroatoms. The molecule has 3 aliphatic heterocycles. The molecule has 4 aliphatic rings. The first kappa shape index (κ1) is 31.7. The number of hydrogen-bond donors (Lipinski definition) is 4. The molecule has 5 N–H and O–H groups in total. The number of nitrogens with two attached hydrogens (primary N) is 1. The molecule has 2 saturated heterocycles. The molecule has 1 radical (unpaired) electrons. The van der Waals surface area contributed by atoms with Crippen molar-refractivity contribution in [3.8, 4) is 5.75 Å². The molecule has 2 atom stereocenters. The molecule has 6 rings (SSSR count). The molecule has 1 saturated carbocycles. The maximum atomic E-state index is 13.3. The quantitative estimate of drug-likeness (QED) is 0.111. The fourth-order valence-corrected chi connectivity index (χ4v) is 6.55. The average molecular weight is 630 g/mol. The molecular formula is C29H30N6NaO7S. The normalized spacial score (nSPS) is 23.0. The number of carbonyl (C=O) groups excluding carboxylic acids is 3. The second-order valence-corrected chi connectivity index (χ2v) is 11.7. The Balaban J connectivity index is 0.00000384. The molecule has 3 amide bonds. The Morgan fingerprint density at radius 2 is 1.86 bits per heavy atom. The Kier molecular flexibility index (Phi) is 9.44. The molecule has 3 fully saturated rings. The van der Waals surface area contributed by atoms with Gasteiger partial charge in [0.15, 0.2) is 10.8 Å². The minimum absolute atomic E-state index is 0. The zero-order valence-electron chi connectivity index (χ0n) is 24.1. The van der Waals surface area contributed by atoms with E-state index in [4.69, 9.17) is 10.6 Å². The van der Waals surface area contributed by atoms with Crippen molar-refractivity contribution in [1.29, 1.82) is 0 Å². The van der Waals surface area contributed by atoms with E-state index >= 15 is 0 Å². The SMILES string of the molecule is Nc1nc(/C(=N/OC2CCCC2)C(=O)N[C@@H]2C(=O)N3C(C(=O)O)=C(/C=C4\CCN(c5ccc(O)cc5)C4=O)CC[C@H]23)cs1.[Na]. The minimum atomic E-state index is -1.29. The smallest absolute Gasteiger partial charge is 0.352 e. The van der Waals surface area contributed by atoms with Crippen LogP contribution in [-0.2, 0) is 24.0 Å². The number of anilines is 2. The molecule has 44 heavy (non-hydrogen) atoms. The summed E-state index contributed by atoms with van der Waals surface area (Å²) in [4.78, 5) is 64.6. The first-order valence-electron chi connectivity index (χ1n) is 14.1. The van der Waals surface area contributed by atoms with Crippen LogP contribution in [0.25, 0.3) is 0 Å². The molecule has 225 valence electrons. The van der Waals surface area contributed by atoms with E-state index in [1.807, 2.05) is 0 Å². The number of thiazole rings is 1. The third-order valence-electron chi connectivity index (χ3n) is 8.17.